The monoisotopic (exact) mass is 225 g/mol. The van der Waals surface area contributed by atoms with Crippen LogP contribution in [0.15, 0.2) is 17.2 Å². The van der Waals surface area contributed by atoms with Crippen LogP contribution < -0.4 is 11.5 Å². The van der Waals surface area contributed by atoms with Crippen LogP contribution in [0.3, 0.4) is 0 Å². The van der Waals surface area contributed by atoms with Crippen LogP contribution in [0.2, 0.25) is 0 Å². The van der Waals surface area contributed by atoms with Crippen molar-refractivity contribution < 1.29 is 4.74 Å². The zero-order valence-corrected chi connectivity index (χ0v) is 9.30. The molecule has 1 fully saturated rings. The SMILES string of the molecule is Nc1ccc(SCC2CCCO2)nc1N. The van der Waals surface area contributed by atoms with Gasteiger partial charge in [0.1, 0.15) is 5.82 Å². The van der Waals surface area contributed by atoms with E-state index in [2.05, 4.69) is 4.98 Å². The molecule has 5 heteroatoms. The average molecular weight is 225 g/mol. The maximum atomic E-state index is 5.62. The summed E-state index contributed by atoms with van der Waals surface area (Å²) in [5.74, 6) is 1.35. The number of anilines is 2. The van der Waals surface area contributed by atoms with Crippen molar-refractivity contribution in [2.24, 2.45) is 0 Å². The van der Waals surface area contributed by atoms with Crippen LogP contribution in [0.4, 0.5) is 11.5 Å². The Bertz CT molecular complexity index is 339. The fraction of sp³-hybridized carbons (Fsp3) is 0.500. The minimum absolute atomic E-state index is 0.371. The van der Waals surface area contributed by atoms with Gasteiger partial charge in [-0.2, -0.15) is 0 Å². The third-order valence-electron chi connectivity index (χ3n) is 2.37. The van der Waals surface area contributed by atoms with Gasteiger partial charge in [0.25, 0.3) is 0 Å². The number of nitrogen functional groups attached to an aromatic ring is 2. The lowest BCUT2D eigenvalue weighted by molar-refractivity contribution is 0.129. The van der Waals surface area contributed by atoms with E-state index in [4.69, 9.17) is 16.2 Å². The highest BCUT2D eigenvalue weighted by molar-refractivity contribution is 7.99. The molecule has 1 unspecified atom stereocenters. The highest BCUT2D eigenvalue weighted by Crippen LogP contribution is 2.24. The first-order chi connectivity index (χ1) is 7.25. The lowest BCUT2D eigenvalue weighted by atomic mass is 10.3. The Labute approximate surface area is 93.4 Å². The molecule has 2 rings (SSSR count). The fourth-order valence-corrected chi connectivity index (χ4v) is 2.45. The molecule has 1 aliphatic rings. The van der Waals surface area contributed by atoms with Gasteiger partial charge in [0.2, 0.25) is 0 Å². The van der Waals surface area contributed by atoms with Crippen LogP contribution in [-0.4, -0.2) is 23.4 Å². The van der Waals surface area contributed by atoms with Gasteiger partial charge in [-0.25, -0.2) is 4.98 Å². The lowest BCUT2D eigenvalue weighted by Crippen LogP contribution is -2.08. The van der Waals surface area contributed by atoms with Crippen LogP contribution in [0.25, 0.3) is 0 Å². The molecule has 1 aromatic rings. The average Bonchev–Trinajstić information content (AvgIpc) is 2.73. The molecule has 1 atom stereocenters. The van der Waals surface area contributed by atoms with Gasteiger partial charge in [-0.05, 0) is 25.0 Å². The van der Waals surface area contributed by atoms with E-state index < -0.39 is 0 Å². The van der Waals surface area contributed by atoms with Crippen LogP contribution in [0.1, 0.15) is 12.8 Å². The van der Waals surface area contributed by atoms with Gasteiger partial charge in [0.15, 0.2) is 0 Å². The van der Waals surface area contributed by atoms with E-state index in [1.54, 1.807) is 17.8 Å². The quantitative estimate of drug-likeness (QED) is 0.763. The van der Waals surface area contributed by atoms with Crippen molar-refractivity contribution in [2.45, 2.75) is 24.0 Å². The second-order valence-corrected chi connectivity index (χ2v) is 4.61. The van der Waals surface area contributed by atoms with Gasteiger partial charge in [-0.1, -0.05) is 0 Å². The number of thioether (sulfide) groups is 1. The number of rotatable bonds is 3. The van der Waals surface area contributed by atoms with Crippen molar-refractivity contribution in [3.63, 3.8) is 0 Å². The predicted molar refractivity (Wildman–Crippen MR) is 62.8 cm³/mol. The smallest absolute Gasteiger partial charge is 0.147 e. The number of ether oxygens (including phenoxy) is 1. The summed E-state index contributed by atoms with van der Waals surface area (Å²) in [7, 11) is 0. The van der Waals surface area contributed by atoms with Gasteiger partial charge in [-0.15, -0.1) is 11.8 Å². The highest BCUT2D eigenvalue weighted by atomic mass is 32.2. The Balaban J connectivity index is 1.90. The molecule has 0 aromatic carbocycles. The highest BCUT2D eigenvalue weighted by Gasteiger charge is 2.15. The third kappa shape index (κ3) is 2.76. The van der Waals surface area contributed by atoms with Crippen molar-refractivity contribution in [1.29, 1.82) is 0 Å². The number of nitrogens with zero attached hydrogens (tertiary/aromatic N) is 1. The van der Waals surface area contributed by atoms with E-state index >= 15 is 0 Å². The van der Waals surface area contributed by atoms with Gasteiger partial charge < -0.3 is 16.2 Å². The predicted octanol–water partition coefficient (Wildman–Crippen LogP) is 1.52. The fourth-order valence-electron chi connectivity index (χ4n) is 1.50. The van der Waals surface area contributed by atoms with Gasteiger partial charge in [-0.3, -0.25) is 0 Å². The Hall–Kier alpha value is -0.940. The number of hydrogen-bond acceptors (Lipinski definition) is 5. The molecule has 1 saturated heterocycles. The van der Waals surface area contributed by atoms with Crippen molar-refractivity contribution >= 4 is 23.3 Å². The van der Waals surface area contributed by atoms with Gasteiger partial charge in [0, 0.05) is 12.4 Å². The molecule has 0 spiro atoms. The molecule has 0 bridgehead atoms. The Kier molecular flexibility index (Phi) is 3.33. The first-order valence-electron chi connectivity index (χ1n) is 5.02. The molecule has 4 N–H and O–H groups in total. The van der Waals surface area contributed by atoms with Crippen molar-refractivity contribution in [3.05, 3.63) is 12.1 Å². The molecule has 2 heterocycles. The zero-order valence-electron chi connectivity index (χ0n) is 8.48. The first kappa shape index (κ1) is 10.6. The molecule has 0 aliphatic carbocycles. The summed E-state index contributed by atoms with van der Waals surface area (Å²) in [5, 5.41) is 0.914. The van der Waals surface area contributed by atoms with E-state index in [-0.39, 0.29) is 0 Å². The number of hydrogen-bond donors (Lipinski definition) is 2. The summed E-state index contributed by atoms with van der Waals surface area (Å²) in [5.41, 5.74) is 11.7. The summed E-state index contributed by atoms with van der Waals surface area (Å²) >= 11 is 1.67. The molecule has 0 saturated carbocycles. The molecule has 82 valence electrons. The molecule has 15 heavy (non-hydrogen) atoms. The van der Waals surface area contributed by atoms with Crippen LogP contribution in [0, 0.1) is 0 Å². The molecular formula is C10H15N3OS. The van der Waals surface area contributed by atoms with Crippen LogP contribution in [-0.2, 0) is 4.74 Å². The Morgan fingerprint density at radius 3 is 3.00 bits per heavy atom. The summed E-state index contributed by atoms with van der Waals surface area (Å²) in [6, 6.07) is 3.69. The Morgan fingerprint density at radius 1 is 1.47 bits per heavy atom. The van der Waals surface area contributed by atoms with Crippen molar-refractivity contribution in [1.82, 2.24) is 4.98 Å². The molecule has 0 amide bonds. The molecular weight excluding hydrogens is 210 g/mol. The minimum Gasteiger partial charge on any atom is -0.396 e. The third-order valence-corrected chi connectivity index (χ3v) is 3.43. The number of aromatic nitrogens is 1. The van der Waals surface area contributed by atoms with Crippen LogP contribution >= 0.6 is 11.8 Å². The summed E-state index contributed by atoms with van der Waals surface area (Å²) < 4.78 is 5.52. The van der Waals surface area contributed by atoms with Gasteiger partial charge in [0.05, 0.1) is 16.8 Å². The maximum Gasteiger partial charge on any atom is 0.147 e. The Morgan fingerprint density at radius 2 is 2.33 bits per heavy atom. The van der Waals surface area contributed by atoms with E-state index in [1.807, 2.05) is 6.07 Å². The van der Waals surface area contributed by atoms with E-state index in [9.17, 15) is 0 Å². The molecule has 4 nitrogen and oxygen atoms in total. The van der Waals surface area contributed by atoms with E-state index in [0.717, 1.165) is 23.8 Å². The first-order valence-corrected chi connectivity index (χ1v) is 6.00. The minimum atomic E-state index is 0.371. The van der Waals surface area contributed by atoms with E-state index in [1.165, 1.54) is 6.42 Å². The zero-order chi connectivity index (χ0) is 10.7. The largest absolute Gasteiger partial charge is 0.396 e. The standard InChI is InChI=1S/C10H15N3OS/c11-8-3-4-9(13-10(8)12)15-6-7-2-1-5-14-7/h3-4,7H,1-2,5-6,11H2,(H2,12,13). The van der Waals surface area contributed by atoms with Crippen molar-refractivity contribution in [2.75, 3.05) is 23.8 Å². The lowest BCUT2D eigenvalue weighted by Gasteiger charge is -2.08. The normalized spacial score (nSPS) is 20.7. The van der Waals surface area contributed by atoms with Crippen molar-refractivity contribution in [3.8, 4) is 0 Å². The topological polar surface area (TPSA) is 74.2 Å². The molecule has 1 aliphatic heterocycles. The number of pyridine rings is 1. The molecule has 0 radical (unpaired) electrons. The summed E-state index contributed by atoms with van der Waals surface area (Å²) in [6.07, 6.45) is 2.69. The van der Waals surface area contributed by atoms with E-state index in [0.29, 0.717) is 17.6 Å². The second-order valence-electron chi connectivity index (χ2n) is 3.57. The summed E-state index contributed by atoms with van der Waals surface area (Å²) in [6.45, 7) is 0.891. The number of nitrogens with two attached hydrogens (primary N) is 2. The molecule has 1 aromatic heterocycles. The maximum absolute atomic E-state index is 5.62. The van der Waals surface area contributed by atoms with Crippen LogP contribution in [0.5, 0.6) is 0 Å². The second kappa shape index (κ2) is 4.72. The van der Waals surface area contributed by atoms with Gasteiger partial charge >= 0.3 is 0 Å². The summed E-state index contributed by atoms with van der Waals surface area (Å²) in [4.78, 5) is 4.19.